The zero-order chi connectivity index (χ0) is 76.0. The van der Waals surface area contributed by atoms with Crippen molar-refractivity contribution in [2.24, 2.45) is 0 Å². The monoisotopic (exact) mass is 1510 g/mol. The van der Waals surface area contributed by atoms with Crippen molar-refractivity contribution in [2.45, 2.75) is 380 Å². The molecule has 19 heteroatoms. The Morgan fingerprint density at radius 1 is 0.279 bits per heavy atom. The van der Waals surface area contributed by atoms with Gasteiger partial charge >= 0.3 is 39.5 Å². The highest BCUT2D eigenvalue weighted by atomic mass is 31.2. The first kappa shape index (κ1) is 100.0. The van der Waals surface area contributed by atoms with E-state index in [1.807, 2.05) is 0 Å². The van der Waals surface area contributed by atoms with Gasteiger partial charge in [-0.3, -0.25) is 37.3 Å². The number of phosphoric acid groups is 2. The van der Waals surface area contributed by atoms with E-state index in [-0.39, 0.29) is 25.7 Å². The van der Waals surface area contributed by atoms with Crippen LogP contribution in [0.15, 0.2) is 97.2 Å². The fourth-order valence-corrected chi connectivity index (χ4v) is 12.8. The van der Waals surface area contributed by atoms with E-state index in [9.17, 15) is 43.2 Å². The fourth-order valence-electron chi connectivity index (χ4n) is 11.2. The summed E-state index contributed by atoms with van der Waals surface area (Å²) in [5.41, 5.74) is 0. The Morgan fingerprint density at radius 2 is 0.500 bits per heavy atom. The summed E-state index contributed by atoms with van der Waals surface area (Å²) in [5, 5.41) is 10.7. The number of esters is 4. The van der Waals surface area contributed by atoms with Gasteiger partial charge in [0.1, 0.15) is 19.3 Å². The molecule has 0 heterocycles. The van der Waals surface area contributed by atoms with E-state index in [4.69, 9.17) is 37.0 Å². The lowest BCUT2D eigenvalue weighted by molar-refractivity contribution is -0.161. The molecule has 104 heavy (non-hydrogen) atoms. The summed E-state index contributed by atoms with van der Waals surface area (Å²) in [4.78, 5) is 73.1. The number of ether oxygens (including phenoxy) is 4. The summed E-state index contributed by atoms with van der Waals surface area (Å²) in [7, 11) is -9.97. The van der Waals surface area contributed by atoms with Crippen molar-refractivity contribution in [3.8, 4) is 0 Å². The molecule has 0 rings (SSSR count). The standard InChI is InChI=1S/C85H150O17P2/c1-5-9-13-17-21-25-29-33-37-38-39-40-44-46-50-54-58-62-66-70-83(88)96-76-81(102-85(90)72-68-64-60-56-52-48-43-36-32-28-24-20-16-12-8-4)78-100-104(93,94)98-74-79(86)73-97-103(91,92)99-77-80(101-84(89)71-67-63-59-55-51-47-42-35-31-27-23-19-15-11-7-3)75-95-82(87)69-65-61-57-53-49-45-41-34-30-26-22-18-14-10-6-2/h9,13,21-22,25-26,33-34,36-37,39-41,43,46,50,79-81,86H,5-8,10-12,14-20,23-24,27-32,35,38,42,44-45,47-49,51-78H2,1-4H3,(H,91,92)(H,93,94)/b13-9-,25-21-,26-22-,37-33-,40-39-,41-34-,43-36-,50-46-. The van der Waals surface area contributed by atoms with Crippen molar-refractivity contribution < 1.29 is 80.2 Å². The molecule has 0 aliphatic rings. The Bertz CT molecular complexity index is 2350. The van der Waals surface area contributed by atoms with Gasteiger partial charge in [0, 0.05) is 25.7 Å². The molecule has 0 aromatic heterocycles. The topological polar surface area (TPSA) is 237 Å². The third-order valence-corrected chi connectivity index (χ3v) is 19.4. The maximum Gasteiger partial charge on any atom is 0.472 e. The lowest BCUT2D eigenvalue weighted by atomic mass is 10.0. The molecule has 0 aliphatic heterocycles. The van der Waals surface area contributed by atoms with Crippen LogP contribution in [0, 0.1) is 0 Å². The minimum Gasteiger partial charge on any atom is -0.462 e. The summed E-state index contributed by atoms with van der Waals surface area (Å²) in [5.74, 6) is -2.21. The highest BCUT2D eigenvalue weighted by Crippen LogP contribution is 2.45. The number of allylic oxidation sites excluding steroid dienone is 16. The van der Waals surface area contributed by atoms with Crippen LogP contribution in [0.2, 0.25) is 0 Å². The smallest absolute Gasteiger partial charge is 0.462 e. The molecule has 5 atom stereocenters. The summed E-state index contributed by atoms with van der Waals surface area (Å²) >= 11 is 0. The van der Waals surface area contributed by atoms with Crippen LogP contribution in [0.4, 0.5) is 0 Å². The van der Waals surface area contributed by atoms with Crippen molar-refractivity contribution in [1.82, 2.24) is 0 Å². The Balaban J connectivity index is 5.39. The predicted molar refractivity (Wildman–Crippen MR) is 427 cm³/mol. The minimum atomic E-state index is -4.99. The molecule has 5 unspecified atom stereocenters. The quantitative estimate of drug-likeness (QED) is 0.0169. The zero-order valence-corrected chi connectivity index (χ0v) is 67.7. The molecule has 602 valence electrons. The maximum atomic E-state index is 13.1. The van der Waals surface area contributed by atoms with Crippen LogP contribution in [0.1, 0.15) is 362 Å². The number of hydrogen-bond acceptors (Lipinski definition) is 15. The second-order valence-corrected chi connectivity index (χ2v) is 30.6. The molecule has 0 radical (unpaired) electrons. The number of carbonyl (C=O) groups excluding carboxylic acids is 4. The van der Waals surface area contributed by atoms with E-state index >= 15 is 0 Å². The zero-order valence-electron chi connectivity index (χ0n) is 65.9. The van der Waals surface area contributed by atoms with Crippen molar-refractivity contribution in [3.05, 3.63) is 97.2 Å². The molecule has 0 bridgehead atoms. The average molecular weight is 1510 g/mol. The molecule has 0 saturated carbocycles. The van der Waals surface area contributed by atoms with E-state index in [0.29, 0.717) is 25.7 Å². The SMILES string of the molecule is CC/C=C\C/C=C\C/C=C\C/C=C\C/C=C\CCCCCC(=O)OCC(COP(=O)(O)OCC(O)COP(=O)(O)OCC(COC(=O)CCCCCCC/C=C\C/C=C\CCCCC)OC(=O)CCCCCCCCCCCCCCCCC)OC(=O)CCCCCCC/C=C\CCCCCCCC. The van der Waals surface area contributed by atoms with Gasteiger partial charge in [-0.25, -0.2) is 9.13 Å². The van der Waals surface area contributed by atoms with E-state index in [1.54, 1.807) is 0 Å². The molecule has 0 spiro atoms. The number of aliphatic hydroxyl groups excluding tert-OH is 1. The number of aliphatic hydroxyl groups is 1. The van der Waals surface area contributed by atoms with Crippen molar-refractivity contribution in [3.63, 3.8) is 0 Å². The van der Waals surface area contributed by atoms with Crippen LogP contribution in [-0.2, 0) is 65.4 Å². The number of carbonyl (C=O) groups is 4. The average Bonchev–Trinajstić information content (AvgIpc) is 0.918. The Hall–Kier alpha value is -4.02. The van der Waals surface area contributed by atoms with Crippen molar-refractivity contribution in [1.29, 1.82) is 0 Å². The molecule has 0 aromatic rings. The number of phosphoric ester groups is 2. The normalized spacial score (nSPS) is 14.3. The molecular formula is C85H150O17P2. The molecular weight excluding hydrogens is 1350 g/mol. The molecule has 17 nitrogen and oxygen atoms in total. The Kier molecular flexibility index (Phi) is 74.2. The van der Waals surface area contributed by atoms with Gasteiger partial charge in [0.15, 0.2) is 12.2 Å². The third kappa shape index (κ3) is 76.2. The van der Waals surface area contributed by atoms with E-state index in [0.717, 1.165) is 161 Å². The first-order valence-electron chi connectivity index (χ1n) is 41.5. The summed E-state index contributed by atoms with van der Waals surface area (Å²) in [6.45, 7) is 4.73. The predicted octanol–water partition coefficient (Wildman–Crippen LogP) is 24.3. The highest BCUT2D eigenvalue weighted by molar-refractivity contribution is 7.47. The molecule has 0 saturated heterocycles. The van der Waals surface area contributed by atoms with Gasteiger partial charge in [-0.1, -0.05) is 305 Å². The van der Waals surface area contributed by atoms with Gasteiger partial charge in [0.25, 0.3) is 0 Å². The first-order valence-corrected chi connectivity index (χ1v) is 44.5. The lowest BCUT2D eigenvalue weighted by Gasteiger charge is -2.21. The van der Waals surface area contributed by atoms with E-state index in [2.05, 4.69) is 125 Å². The van der Waals surface area contributed by atoms with Gasteiger partial charge in [-0.2, -0.15) is 0 Å². The van der Waals surface area contributed by atoms with Gasteiger partial charge in [-0.15, -0.1) is 0 Å². The largest absolute Gasteiger partial charge is 0.472 e. The summed E-state index contributed by atoms with van der Waals surface area (Å²) in [6, 6.07) is 0. The number of hydrogen-bond donors (Lipinski definition) is 3. The number of rotatable bonds is 78. The molecule has 0 fully saturated rings. The Labute approximate surface area is 633 Å². The van der Waals surface area contributed by atoms with Gasteiger partial charge in [-0.05, 0) is 128 Å². The van der Waals surface area contributed by atoms with Crippen LogP contribution in [-0.4, -0.2) is 96.7 Å². The van der Waals surface area contributed by atoms with Crippen molar-refractivity contribution in [2.75, 3.05) is 39.6 Å². The second kappa shape index (κ2) is 77.1. The third-order valence-electron chi connectivity index (χ3n) is 17.5. The lowest BCUT2D eigenvalue weighted by Crippen LogP contribution is -2.30. The van der Waals surface area contributed by atoms with Crippen LogP contribution in [0.3, 0.4) is 0 Å². The van der Waals surface area contributed by atoms with E-state index < -0.39 is 97.5 Å². The van der Waals surface area contributed by atoms with Gasteiger partial charge < -0.3 is 33.8 Å². The maximum absolute atomic E-state index is 13.1. The molecule has 0 aliphatic carbocycles. The van der Waals surface area contributed by atoms with E-state index in [1.165, 1.54) is 122 Å². The second-order valence-electron chi connectivity index (χ2n) is 27.7. The van der Waals surface area contributed by atoms with Crippen LogP contribution in [0.5, 0.6) is 0 Å². The molecule has 3 N–H and O–H groups in total. The van der Waals surface area contributed by atoms with Gasteiger partial charge in [0.2, 0.25) is 0 Å². The van der Waals surface area contributed by atoms with Crippen LogP contribution < -0.4 is 0 Å². The van der Waals surface area contributed by atoms with Crippen molar-refractivity contribution >= 4 is 39.5 Å². The van der Waals surface area contributed by atoms with Crippen LogP contribution >= 0.6 is 15.6 Å². The summed E-state index contributed by atoms with van der Waals surface area (Å²) < 4.78 is 68.7. The van der Waals surface area contributed by atoms with Gasteiger partial charge in [0.05, 0.1) is 26.4 Å². The first-order chi connectivity index (χ1) is 50.7. The Morgan fingerprint density at radius 3 is 0.808 bits per heavy atom. The number of unbranched alkanes of at least 4 members (excludes halogenated alkanes) is 36. The highest BCUT2D eigenvalue weighted by Gasteiger charge is 2.30. The minimum absolute atomic E-state index is 0.0778. The molecule has 0 amide bonds. The summed E-state index contributed by atoms with van der Waals surface area (Å²) in [6.07, 6.45) is 82.3. The molecule has 0 aromatic carbocycles. The van der Waals surface area contributed by atoms with Crippen LogP contribution in [0.25, 0.3) is 0 Å². The fraction of sp³-hybridized carbons (Fsp3) is 0.765.